The van der Waals surface area contributed by atoms with Crippen LogP contribution in [0.2, 0.25) is 0 Å². The summed E-state index contributed by atoms with van der Waals surface area (Å²) >= 11 is 0. The number of unbranched alkanes of at least 4 members (excludes halogenated alkanes) is 1. The number of aromatic nitrogens is 2. The van der Waals surface area contributed by atoms with Crippen LogP contribution in [0.15, 0.2) is 61.1 Å². The van der Waals surface area contributed by atoms with E-state index in [9.17, 15) is 4.79 Å². The normalized spacial score (nSPS) is 15.4. The number of hydrogen-bond donors (Lipinski definition) is 0. The number of hydrogen-bond acceptors (Lipinski definition) is 4. The van der Waals surface area contributed by atoms with E-state index >= 15 is 0 Å². The molecule has 1 aliphatic heterocycles. The zero-order valence-corrected chi connectivity index (χ0v) is 19.4. The Morgan fingerprint density at radius 2 is 1.91 bits per heavy atom. The first-order valence-electron chi connectivity index (χ1n) is 11.7. The maximum Gasteiger partial charge on any atom is 0.241 e. The van der Waals surface area contributed by atoms with Gasteiger partial charge in [0.1, 0.15) is 0 Å². The Labute approximate surface area is 196 Å². The van der Waals surface area contributed by atoms with Crippen LogP contribution in [0.1, 0.15) is 48.2 Å². The van der Waals surface area contributed by atoms with Crippen LogP contribution in [0, 0.1) is 18.3 Å². The highest BCUT2D eigenvalue weighted by Crippen LogP contribution is 2.29. The number of nitrogens with zero attached hydrogens (tertiary/aromatic N) is 5. The largest absolute Gasteiger partial charge is 0.333 e. The monoisotopic (exact) mass is 441 g/mol. The third kappa shape index (κ3) is 5.15. The van der Waals surface area contributed by atoms with Crippen LogP contribution in [-0.4, -0.2) is 40.0 Å². The van der Waals surface area contributed by atoms with E-state index in [1.807, 2.05) is 59.9 Å². The molecule has 1 aromatic heterocycles. The molecule has 1 amide bonds. The summed E-state index contributed by atoms with van der Waals surface area (Å²) in [5.41, 5.74) is 5.07. The van der Waals surface area contributed by atoms with E-state index in [0.29, 0.717) is 18.7 Å². The highest BCUT2D eigenvalue weighted by Gasteiger charge is 2.32. The summed E-state index contributed by atoms with van der Waals surface area (Å²) in [5.74, 6) is 0.125. The number of nitriles is 1. The van der Waals surface area contributed by atoms with E-state index in [1.165, 1.54) is 0 Å². The Hall–Kier alpha value is -3.43. The van der Waals surface area contributed by atoms with Gasteiger partial charge in [0.15, 0.2) is 0 Å². The first kappa shape index (κ1) is 22.8. The van der Waals surface area contributed by atoms with E-state index in [2.05, 4.69) is 40.4 Å². The fourth-order valence-electron chi connectivity index (χ4n) is 4.56. The van der Waals surface area contributed by atoms with Gasteiger partial charge in [0.25, 0.3) is 0 Å². The van der Waals surface area contributed by atoms with Crippen molar-refractivity contribution >= 4 is 11.6 Å². The molecule has 33 heavy (non-hydrogen) atoms. The Morgan fingerprint density at radius 3 is 2.61 bits per heavy atom. The number of aryl methyl sites for hydroxylation is 2. The highest BCUT2D eigenvalue weighted by molar-refractivity contribution is 5.96. The lowest BCUT2D eigenvalue weighted by molar-refractivity contribution is -0.122. The quantitative estimate of drug-likeness (QED) is 0.516. The first-order chi connectivity index (χ1) is 16.1. The summed E-state index contributed by atoms with van der Waals surface area (Å²) in [6.45, 7) is 6.99. The average molecular weight is 442 g/mol. The topological polar surface area (TPSA) is 65.2 Å². The van der Waals surface area contributed by atoms with Crippen LogP contribution in [0.3, 0.4) is 0 Å². The van der Waals surface area contributed by atoms with Crippen molar-refractivity contribution in [3.05, 3.63) is 83.4 Å². The average Bonchev–Trinajstić information content (AvgIpc) is 3.30. The second-order valence-corrected chi connectivity index (χ2v) is 8.70. The molecule has 170 valence electrons. The van der Waals surface area contributed by atoms with E-state index in [4.69, 9.17) is 5.26 Å². The number of carbonyl (C=O) groups is 1. The molecule has 2 aromatic carbocycles. The molecule has 0 unspecified atom stereocenters. The van der Waals surface area contributed by atoms with Gasteiger partial charge in [-0.3, -0.25) is 9.69 Å². The highest BCUT2D eigenvalue weighted by atomic mass is 16.2. The molecule has 6 heteroatoms. The molecule has 4 rings (SSSR count). The number of para-hydroxylation sites is 1. The van der Waals surface area contributed by atoms with Gasteiger partial charge in [-0.2, -0.15) is 5.26 Å². The van der Waals surface area contributed by atoms with Gasteiger partial charge in [-0.15, -0.1) is 0 Å². The maximum atomic E-state index is 13.3. The molecule has 1 aliphatic rings. The molecule has 1 saturated heterocycles. The Kier molecular flexibility index (Phi) is 7.21. The summed E-state index contributed by atoms with van der Waals surface area (Å²) < 4.78 is 2.23. The minimum atomic E-state index is 0.0419. The van der Waals surface area contributed by atoms with Crippen molar-refractivity contribution in [3.8, 4) is 6.07 Å². The molecule has 0 N–H and O–H groups in total. The zero-order valence-electron chi connectivity index (χ0n) is 19.4. The number of piperazine rings is 1. The van der Waals surface area contributed by atoms with Crippen molar-refractivity contribution in [3.63, 3.8) is 0 Å². The lowest BCUT2D eigenvalue weighted by Crippen LogP contribution is -2.52. The van der Waals surface area contributed by atoms with Gasteiger partial charge in [0, 0.05) is 31.5 Å². The molecule has 0 bridgehead atoms. The van der Waals surface area contributed by atoms with E-state index in [-0.39, 0.29) is 11.9 Å². The summed E-state index contributed by atoms with van der Waals surface area (Å²) in [5, 5.41) is 9.14. The van der Waals surface area contributed by atoms with Gasteiger partial charge in [0.2, 0.25) is 5.91 Å². The first-order valence-corrected chi connectivity index (χ1v) is 11.7. The number of imidazole rings is 1. The number of benzene rings is 2. The lowest BCUT2D eigenvalue weighted by atomic mass is 9.99. The van der Waals surface area contributed by atoms with Gasteiger partial charge in [-0.05, 0) is 49.1 Å². The zero-order chi connectivity index (χ0) is 23.2. The summed E-state index contributed by atoms with van der Waals surface area (Å²) in [6, 6.07) is 18.1. The van der Waals surface area contributed by atoms with Gasteiger partial charge in [-0.1, -0.05) is 43.7 Å². The van der Waals surface area contributed by atoms with E-state index < -0.39 is 0 Å². The predicted octanol–water partition coefficient (Wildman–Crippen LogP) is 4.50. The Morgan fingerprint density at radius 1 is 1.12 bits per heavy atom. The number of anilines is 1. The Bertz CT molecular complexity index is 1130. The van der Waals surface area contributed by atoms with Crippen molar-refractivity contribution in [2.75, 3.05) is 24.5 Å². The molecule has 0 aliphatic carbocycles. The van der Waals surface area contributed by atoms with Crippen molar-refractivity contribution in [2.45, 2.75) is 45.7 Å². The fourth-order valence-corrected chi connectivity index (χ4v) is 4.56. The summed E-state index contributed by atoms with van der Waals surface area (Å²) in [6.07, 6.45) is 6.82. The smallest absolute Gasteiger partial charge is 0.241 e. The standard InChI is InChI=1S/C27H31N5O/c1-3-4-13-31-20-29-18-26(31)25(16-22-9-11-23(17-28)12-10-22)30-14-15-32(27(33)19-30)24-8-6-5-7-21(24)2/h5-12,18,20,25H,3-4,13-16,19H2,1-2H3/t25-/m0/s1. The second kappa shape index (κ2) is 10.5. The fraction of sp³-hybridized carbons (Fsp3) is 0.370. The summed E-state index contributed by atoms with van der Waals surface area (Å²) in [7, 11) is 0. The molecule has 2 heterocycles. The maximum absolute atomic E-state index is 13.3. The van der Waals surface area contributed by atoms with Gasteiger partial charge in [0.05, 0.1) is 36.2 Å². The van der Waals surface area contributed by atoms with Crippen LogP contribution in [-0.2, 0) is 17.8 Å². The van der Waals surface area contributed by atoms with E-state index in [0.717, 1.165) is 54.9 Å². The van der Waals surface area contributed by atoms with Crippen LogP contribution >= 0.6 is 0 Å². The molecule has 1 atom stereocenters. The van der Waals surface area contributed by atoms with Crippen molar-refractivity contribution < 1.29 is 4.79 Å². The lowest BCUT2D eigenvalue weighted by Gasteiger charge is -2.39. The SMILES string of the molecule is CCCCn1cncc1[C@H](Cc1ccc(C#N)cc1)N1CCN(c2ccccc2C)C(=O)C1. The molecule has 0 spiro atoms. The molecule has 3 aromatic rings. The number of rotatable bonds is 8. The van der Waals surface area contributed by atoms with Crippen molar-refractivity contribution in [1.82, 2.24) is 14.5 Å². The summed E-state index contributed by atoms with van der Waals surface area (Å²) in [4.78, 5) is 21.9. The molecule has 1 fully saturated rings. The van der Waals surface area contributed by atoms with E-state index in [1.54, 1.807) is 0 Å². The number of amides is 1. The van der Waals surface area contributed by atoms with Crippen molar-refractivity contribution in [2.24, 2.45) is 0 Å². The van der Waals surface area contributed by atoms with Crippen LogP contribution in [0.5, 0.6) is 0 Å². The molecule has 0 saturated carbocycles. The third-order valence-electron chi connectivity index (χ3n) is 6.45. The van der Waals surface area contributed by atoms with Crippen LogP contribution in [0.25, 0.3) is 0 Å². The van der Waals surface area contributed by atoms with Crippen LogP contribution in [0.4, 0.5) is 5.69 Å². The molecular weight excluding hydrogens is 410 g/mol. The molecule has 0 radical (unpaired) electrons. The van der Waals surface area contributed by atoms with Gasteiger partial charge in [-0.25, -0.2) is 4.98 Å². The second-order valence-electron chi connectivity index (χ2n) is 8.70. The minimum absolute atomic E-state index is 0.0419. The third-order valence-corrected chi connectivity index (χ3v) is 6.45. The number of carbonyl (C=O) groups excluding carboxylic acids is 1. The van der Waals surface area contributed by atoms with Crippen molar-refractivity contribution in [1.29, 1.82) is 5.26 Å². The van der Waals surface area contributed by atoms with Crippen LogP contribution < -0.4 is 4.90 Å². The molecular formula is C27H31N5O. The predicted molar refractivity (Wildman–Crippen MR) is 130 cm³/mol. The Balaban J connectivity index is 1.59. The van der Waals surface area contributed by atoms with Gasteiger partial charge >= 0.3 is 0 Å². The molecule has 6 nitrogen and oxygen atoms in total. The minimum Gasteiger partial charge on any atom is -0.333 e. The van der Waals surface area contributed by atoms with Gasteiger partial charge < -0.3 is 9.47 Å².